The maximum absolute atomic E-state index is 12.3. The van der Waals surface area contributed by atoms with E-state index >= 15 is 0 Å². The second kappa shape index (κ2) is 5.52. The lowest BCUT2D eigenvalue weighted by molar-refractivity contribution is -0.139. The monoisotopic (exact) mass is 277 g/mol. The second-order valence-electron chi connectivity index (χ2n) is 6.00. The van der Waals surface area contributed by atoms with E-state index in [1.54, 1.807) is 6.33 Å². The molecular formula is C14H23N5O. The van der Waals surface area contributed by atoms with Crippen LogP contribution >= 0.6 is 0 Å². The van der Waals surface area contributed by atoms with Crippen molar-refractivity contribution in [2.45, 2.75) is 51.1 Å². The average molecular weight is 277 g/mol. The Hall–Kier alpha value is -1.43. The highest BCUT2D eigenvalue weighted by molar-refractivity contribution is 5.80. The molecule has 2 N–H and O–H groups in total. The number of aryl methyl sites for hydroxylation is 1. The van der Waals surface area contributed by atoms with Crippen molar-refractivity contribution >= 4 is 5.91 Å². The van der Waals surface area contributed by atoms with E-state index in [-0.39, 0.29) is 12.0 Å². The molecule has 2 fully saturated rings. The van der Waals surface area contributed by atoms with E-state index in [9.17, 15) is 4.79 Å². The van der Waals surface area contributed by atoms with Crippen molar-refractivity contribution in [2.75, 3.05) is 13.1 Å². The van der Waals surface area contributed by atoms with Crippen molar-refractivity contribution in [1.82, 2.24) is 19.7 Å². The normalized spacial score (nSPS) is 27.4. The molecule has 0 bridgehead atoms. The van der Waals surface area contributed by atoms with Gasteiger partial charge >= 0.3 is 0 Å². The minimum Gasteiger partial charge on any atom is -0.342 e. The standard InChI is InChI=1S/C14H23N5O/c1-2-18-9-16-17-13(18)10-3-5-19(6-4-10)14(20)11-7-12(15)8-11/h9-12H,2-8,15H2,1H3. The first-order valence-corrected chi connectivity index (χ1v) is 7.61. The molecule has 0 radical (unpaired) electrons. The first-order chi connectivity index (χ1) is 9.69. The first-order valence-electron chi connectivity index (χ1n) is 7.61. The molecule has 2 heterocycles. The maximum atomic E-state index is 12.3. The number of nitrogens with zero attached hydrogens (tertiary/aromatic N) is 4. The van der Waals surface area contributed by atoms with Crippen molar-refractivity contribution in [3.8, 4) is 0 Å². The van der Waals surface area contributed by atoms with Gasteiger partial charge in [0.15, 0.2) is 0 Å². The summed E-state index contributed by atoms with van der Waals surface area (Å²) in [5, 5.41) is 8.25. The van der Waals surface area contributed by atoms with Crippen LogP contribution in [0.1, 0.15) is 44.3 Å². The molecule has 2 aliphatic rings. The van der Waals surface area contributed by atoms with Crippen molar-refractivity contribution < 1.29 is 4.79 Å². The van der Waals surface area contributed by atoms with Gasteiger partial charge in [-0.3, -0.25) is 4.79 Å². The zero-order chi connectivity index (χ0) is 14.1. The molecule has 1 saturated carbocycles. The number of amides is 1. The lowest BCUT2D eigenvalue weighted by atomic mass is 9.79. The third-order valence-corrected chi connectivity index (χ3v) is 4.68. The van der Waals surface area contributed by atoms with Crippen LogP contribution in [-0.2, 0) is 11.3 Å². The summed E-state index contributed by atoms with van der Waals surface area (Å²) in [6, 6.07) is 0.240. The maximum Gasteiger partial charge on any atom is 0.225 e. The number of hydrogen-bond acceptors (Lipinski definition) is 4. The Morgan fingerprint density at radius 1 is 1.40 bits per heavy atom. The Morgan fingerprint density at radius 3 is 2.70 bits per heavy atom. The largest absolute Gasteiger partial charge is 0.342 e. The van der Waals surface area contributed by atoms with Gasteiger partial charge in [-0.2, -0.15) is 0 Å². The van der Waals surface area contributed by atoms with E-state index in [2.05, 4.69) is 21.7 Å². The molecular weight excluding hydrogens is 254 g/mol. The minimum atomic E-state index is 0.181. The molecule has 6 heteroatoms. The molecule has 6 nitrogen and oxygen atoms in total. The average Bonchev–Trinajstić information content (AvgIpc) is 2.92. The van der Waals surface area contributed by atoms with Gasteiger partial charge in [-0.1, -0.05) is 0 Å². The number of rotatable bonds is 3. The lowest BCUT2D eigenvalue weighted by Crippen LogP contribution is -2.48. The van der Waals surface area contributed by atoms with Crippen LogP contribution < -0.4 is 5.73 Å². The van der Waals surface area contributed by atoms with Gasteiger partial charge in [0, 0.05) is 37.5 Å². The second-order valence-corrected chi connectivity index (χ2v) is 6.00. The molecule has 1 saturated heterocycles. The zero-order valence-electron chi connectivity index (χ0n) is 12.0. The summed E-state index contributed by atoms with van der Waals surface area (Å²) in [4.78, 5) is 14.3. The number of hydrogen-bond donors (Lipinski definition) is 1. The molecule has 3 rings (SSSR count). The Morgan fingerprint density at radius 2 is 2.10 bits per heavy atom. The van der Waals surface area contributed by atoms with E-state index in [0.29, 0.717) is 11.8 Å². The van der Waals surface area contributed by atoms with Gasteiger partial charge < -0.3 is 15.2 Å². The summed E-state index contributed by atoms with van der Waals surface area (Å²) in [5.74, 6) is 2.00. The lowest BCUT2D eigenvalue weighted by Gasteiger charge is -2.38. The molecule has 20 heavy (non-hydrogen) atoms. The van der Waals surface area contributed by atoms with E-state index < -0.39 is 0 Å². The SMILES string of the molecule is CCn1cnnc1C1CCN(C(=O)C2CC(N)C2)CC1. The van der Waals surface area contributed by atoms with Crippen molar-refractivity contribution in [3.63, 3.8) is 0 Å². The van der Waals surface area contributed by atoms with Gasteiger partial charge in [0.25, 0.3) is 0 Å². The van der Waals surface area contributed by atoms with Crippen molar-refractivity contribution in [3.05, 3.63) is 12.2 Å². The molecule has 1 aliphatic carbocycles. The van der Waals surface area contributed by atoms with Gasteiger partial charge in [0.05, 0.1) is 0 Å². The predicted octanol–water partition coefficient (Wildman–Crippen LogP) is 0.741. The Balaban J connectivity index is 1.55. The number of piperidine rings is 1. The summed E-state index contributed by atoms with van der Waals surface area (Å²) in [5.41, 5.74) is 5.77. The highest BCUT2D eigenvalue weighted by Crippen LogP contribution is 2.31. The minimum absolute atomic E-state index is 0.181. The summed E-state index contributed by atoms with van der Waals surface area (Å²) >= 11 is 0. The van der Waals surface area contributed by atoms with Crippen molar-refractivity contribution in [1.29, 1.82) is 0 Å². The molecule has 0 aromatic carbocycles. The van der Waals surface area contributed by atoms with Crippen LogP contribution in [0.4, 0.5) is 0 Å². The number of likely N-dealkylation sites (tertiary alicyclic amines) is 1. The van der Waals surface area contributed by atoms with Gasteiger partial charge in [-0.25, -0.2) is 0 Å². The molecule has 1 aromatic rings. The smallest absolute Gasteiger partial charge is 0.225 e. The number of carbonyl (C=O) groups is 1. The molecule has 110 valence electrons. The molecule has 0 atom stereocenters. The van der Waals surface area contributed by atoms with Crippen LogP contribution in [0.5, 0.6) is 0 Å². The summed E-state index contributed by atoms with van der Waals surface area (Å²) in [7, 11) is 0. The van der Waals surface area contributed by atoms with Crippen LogP contribution in [0.15, 0.2) is 6.33 Å². The third-order valence-electron chi connectivity index (χ3n) is 4.68. The fourth-order valence-electron chi connectivity index (χ4n) is 3.30. The van der Waals surface area contributed by atoms with E-state index in [0.717, 1.165) is 51.1 Å². The van der Waals surface area contributed by atoms with Crippen LogP contribution in [0.25, 0.3) is 0 Å². The van der Waals surface area contributed by atoms with E-state index in [4.69, 9.17) is 5.73 Å². The molecule has 1 aliphatic heterocycles. The topological polar surface area (TPSA) is 77.0 Å². The Labute approximate surface area is 119 Å². The molecule has 0 spiro atoms. The Bertz CT molecular complexity index is 472. The highest BCUT2D eigenvalue weighted by atomic mass is 16.2. The quantitative estimate of drug-likeness (QED) is 0.884. The summed E-state index contributed by atoms with van der Waals surface area (Å²) in [6.07, 6.45) is 5.50. The van der Waals surface area contributed by atoms with Gasteiger partial charge in [0.1, 0.15) is 12.2 Å². The fraction of sp³-hybridized carbons (Fsp3) is 0.786. The number of nitrogens with two attached hydrogens (primary N) is 1. The van der Waals surface area contributed by atoms with Gasteiger partial charge in [-0.05, 0) is 32.6 Å². The first kappa shape index (κ1) is 13.5. The summed E-state index contributed by atoms with van der Waals surface area (Å²) < 4.78 is 2.10. The van der Waals surface area contributed by atoms with E-state index in [1.807, 2.05) is 4.90 Å². The van der Waals surface area contributed by atoms with Crippen LogP contribution in [0.3, 0.4) is 0 Å². The van der Waals surface area contributed by atoms with Crippen LogP contribution in [0.2, 0.25) is 0 Å². The fourth-order valence-corrected chi connectivity index (χ4v) is 3.30. The van der Waals surface area contributed by atoms with Crippen LogP contribution in [-0.4, -0.2) is 44.7 Å². The highest BCUT2D eigenvalue weighted by Gasteiger charge is 2.36. The van der Waals surface area contributed by atoms with Crippen molar-refractivity contribution in [2.24, 2.45) is 11.7 Å². The van der Waals surface area contributed by atoms with Crippen LogP contribution in [0, 0.1) is 5.92 Å². The summed E-state index contributed by atoms with van der Waals surface area (Å²) in [6.45, 7) is 4.68. The molecule has 1 aromatic heterocycles. The predicted molar refractivity (Wildman–Crippen MR) is 75.0 cm³/mol. The van der Waals surface area contributed by atoms with Gasteiger partial charge in [-0.15, -0.1) is 10.2 Å². The van der Waals surface area contributed by atoms with E-state index in [1.165, 1.54) is 0 Å². The third kappa shape index (κ3) is 2.44. The van der Waals surface area contributed by atoms with Gasteiger partial charge in [0.2, 0.25) is 5.91 Å². The Kier molecular flexibility index (Phi) is 3.74. The molecule has 0 unspecified atom stereocenters. The molecule has 1 amide bonds. The number of aromatic nitrogens is 3. The number of carbonyl (C=O) groups excluding carboxylic acids is 1. The zero-order valence-corrected chi connectivity index (χ0v) is 12.0.